The summed E-state index contributed by atoms with van der Waals surface area (Å²) in [6.07, 6.45) is 8.38. The van der Waals surface area contributed by atoms with Crippen LogP contribution < -0.4 is 11.1 Å². The van der Waals surface area contributed by atoms with Crippen LogP contribution in [-0.4, -0.2) is 69.4 Å². The smallest absolute Gasteiger partial charge is 0.357 e. The van der Waals surface area contributed by atoms with Crippen molar-refractivity contribution in [2.75, 3.05) is 19.1 Å². The van der Waals surface area contributed by atoms with Gasteiger partial charge in [-0.2, -0.15) is 0 Å². The number of amides is 2. The number of nitrogens with one attached hydrogen (secondary N) is 1. The summed E-state index contributed by atoms with van der Waals surface area (Å²) in [5.74, 6) is -2.35. The molecule has 0 spiro atoms. The number of thiazole rings is 1. The van der Waals surface area contributed by atoms with Gasteiger partial charge in [0, 0.05) is 17.1 Å². The van der Waals surface area contributed by atoms with E-state index in [-0.39, 0.29) is 33.9 Å². The Labute approximate surface area is 242 Å². The third kappa shape index (κ3) is 8.43. The maximum Gasteiger partial charge on any atom is 0.357 e. The molecular formula is C26H37N5O7S2. The molecule has 14 heteroatoms. The Morgan fingerprint density at radius 3 is 2.58 bits per heavy atom. The van der Waals surface area contributed by atoms with Crippen LogP contribution in [0.25, 0.3) is 0 Å². The van der Waals surface area contributed by atoms with Crippen molar-refractivity contribution in [3.05, 3.63) is 22.8 Å². The van der Waals surface area contributed by atoms with E-state index in [1.165, 1.54) is 16.7 Å². The van der Waals surface area contributed by atoms with Crippen molar-refractivity contribution in [2.24, 2.45) is 5.16 Å². The first-order valence-corrected chi connectivity index (χ1v) is 15.3. The van der Waals surface area contributed by atoms with Crippen molar-refractivity contribution in [1.82, 2.24) is 15.2 Å². The van der Waals surface area contributed by atoms with Crippen molar-refractivity contribution >= 4 is 57.7 Å². The van der Waals surface area contributed by atoms with E-state index in [2.05, 4.69) is 22.4 Å². The number of rotatable bonds is 16. The van der Waals surface area contributed by atoms with E-state index in [4.69, 9.17) is 20.0 Å². The highest BCUT2D eigenvalue weighted by atomic mass is 32.2. The lowest BCUT2D eigenvalue weighted by atomic mass is 10.0. The monoisotopic (exact) mass is 595 g/mol. The number of unbranched alkanes of at least 4 members (excludes halogenated alkanes) is 5. The van der Waals surface area contributed by atoms with Gasteiger partial charge in [-0.15, -0.1) is 23.1 Å². The number of carbonyl (C=O) groups excluding carboxylic acids is 4. The average molecular weight is 596 g/mol. The summed E-state index contributed by atoms with van der Waals surface area (Å²) in [6.45, 7) is 5.80. The third-order valence-corrected chi connectivity index (χ3v) is 8.17. The molecule has 220 valence electrons. The summed E-state index contributed by atoms with van der Waals surface area (Å²) in [7, 11) is 0. The Bertz CT molecular complexity index is 1120. The highest BCUT2D eigenvalue weighted by molar-refractivity contribution is 8.00. The molecule has 0 aliphatic carbocycles. The SMILES string of the molecule is CCCCCCON=C(C(=O)NC1C(=O)N2C(C(=O)OCOC(=O)CCCCC)=CC(C)S[C@H]12)c1csc(N)n1. The fourth-order valence-electron chi connectivity index (χ4n) is 4.05. The minimum Gasteiger partial charge on any atom is -0.428 e. The van der Waals surface area contributed by atoms with E-state index >= 15 is 0 Å². The molecule has 0 radical (unpaired) electrons. The van der Waals surface area contributed by atoms with Gasteiger partial charge < -0.3 is 25.4 Å². The molecule has 0 aromatic carbocycles. The van der Waals surface area contributed by atoms with Gasteiger partial charge in [-0.1, -0.05) is 44.7 Å². The number of carbonyl (C=O) groups is 4. The van der Waals surface area contributed by atoms with Gasteiger partial charge in [0.15, 0.2) is 10.8 Å². The quantitative estimate of drug-likeness (QED) is 0.0724. The number of ether oxygens (including phenoxy) is 2. The molecule has 3 rings (SSSR count). The number of nitrogen functional groups attached to an aromatic ring is 1. The third-order valence-electron chi connectivity index (χ3n) is 6.16. The first kappa shape index (κ1) is 31.4. The van der Waals surface area contributed by atoms with Crippen LogP contribution in [-0.2, 0) is 33.5 Å². The molecule has 3 atom stereocenters. The van der Waals surface area contributed by atoms with Crippen LogP contribution in [0.2, 0.25) is 0 Å². The topological polar surface area (TPSA) is 163 Å². The lowest BCUT2D eigenvalue weighted by Gasteiger charge is -2.49. The fourth-order valence-corrected chi connectivity index (χ4v) is 5.92. The standard InChI is InChI=1S/C26H37N5O7S2/c1-4-6-8-10-12-38-30-20(17-14-39-26(27)28-17)22(33)29-21-23(34)31-18(13-16(3)40-24(21)31)25(35)37-15-36-19(32)11-9-7-5-2/h13-14,16,21,24H,4-12,15H2,1-3H3,(H2,27,28)(H,29,33)/t16?,21?,24-/m1/s1. The second-order valence-electron chi connectivity index (χ2n) is 9.37. The maximum atomic E-state index is 13.2. The van der Waals surface area contributed by atoms with Gasteiger partial charge in [0.2, 0.25) is 6.79 Å². The number of thioether (sulfide) groups is 1. The summed E-state index contributed by atoms with van der Waals surface area (Å²) in [5.41, 5.74) is 5.96. The van der Waals surface area contributed by atoms with Gasteiger partial charge in [0.05, 0.1) is 0 Å². The van der Waals surface area contributed by atoms with E-state index in [1.54, 1.807) is 11.5 Å². The molecule has 2 aliphatic rings. The minimum atomic E-state index is -0.904. The summed E-state index contributed by atoms with van der Waals surface area (Å²) in [5, 5.41) is 7.89. The number of aromatic nitrogens is 1. The molecule has 0 bridgehead atoms. The predicted octanol–water partition coefficient (Wildman–Crippen LogP) is 3.32. The van der Waals surface area contributed by atoms with Crippen LogP contribution in [0.1, 0.15) is 77.8 Å². The summed E-state index contributed by atoms with van der Waals surface area (Å²) >= 11 is 2.56. The molecular weight excluding hydrogens is 558 g/mol. The molecule has 40 heavy (non-hydrogen) atoms. The number of fused-ring (bicyclic) bond motifs is 1. The normalized spacial score (nSPS) is 20.2. The van der Waals surface area contributed by atoms with Gasteiger partial charge in [0.25, 0.3) is 11.8 Å². The molecule has 1 saturated heterocycles. The van der Waals surface area contributed by atoms with Gasteiger partial charge in [-0.3, -0.25) is 19.3 Å². The molecule has 1 aromatic rings. The summed E-state index contributed by atoms with van der Waals surface area (Å²) in [6, 6.07) is -0.904. The van der Waals surface area contributed by atoms with Crippen molar-refractivity contribution in [2.45, 2.75) is 88.8 Å². The lowest BCUT2D eigenvalue weighted by Crippen LogP contribution is -2.71. The number of hydrogen-bond acceptors (Lipinski definition) is 12. The zero-order valence-electron chi connectivity index (χ0n) is 23.1. The molecule has 2 aliphatic heterocycles. The molecule has 2 unspecified atom stereocenters. The van der Waals surface area contributed by atoms with Gasteiger partial charge in [-0.05, 0) is 32.3 Å². The first-order chi connectivity index (χ1) is 19.3. The molecule has 3 heterocycles. The van der Waals surface area contributed by atoms with Crippen molar-refractivity contribution in [3.63, 3.8) is 0 Å². The lowest BCUT2D eigenvalue weighted by molar-refractivity contribution is -0.168. The second-order valence-corrected chi connectivity index (χ2v) is 11.8. The zero-order valence-corrected chi connectivity index (χ0v) is 24.7. The first-order valence-electron chi connectivity index (χ1n) is 13.5. The van der Waals surface area contributed by atoms with Gasteiger partial charge in [-0.25, -0.2) is 9.78 Å². The molecule has 0 saturated carbocycles. The van der Waals surface area contributed by atoms with Crippen molar-refractivity contribution in [3.8, 4) is 0 Å². The Hall–Kier alpha value is -3.13. The number of esters is 2. The van der Waals surface area contributed by atoms with E-state index in [9.17, 15) is 19.2 Å². The zero-order chi connectivity index (χ0) is 29.1. The number of oxime groups is 1. The highest BCUT2D eigenvalue weighted by Crippen LogP contribution is 2.41. The van der Waals surface area contributed by atoms with Crippen molar-refractivity contribution in [1.29, 1.82) is 0 Å². The van der Waals surface area contributed by atoms with Crippen LogP contribution in [0.15, 0.2) is 22.3 Å². The Balaban J connectivity index is 1.60. The molecule has 12 nitrogen and oxygen atoms in total. The Morgan fingerprint density at radius 1 is 1.12 bits per heavy atom. The molecule has 1 aromatic heterocycles. The minimum absolute atomic E-state index is 0.0466. The second kappa shape index (κ2) is 15.6. The van der Waals surface area contributed by atoms with Gasteiger partial charge >= 0.3 is 11.9 Å². The highest BCUT2D eigenvalue weighted by Gasteiger charge is 2.54. The fraction of sp³-hybridized carbons (Fsp3) is 0.615. The molecule has 3 N–H and O–H groups in total. The number of anilines is 1. The molecule has 1 fully saturated rings. The van der Waals surface area contributed by atoms with Crippen LogP contribution >= 0.6 is 23.1 Å². The van der Waals surface area contributed by atoms with E-state index < -0.39 is 42.0 Å². The van der Waals surface area contributed by atoms with E-state index in [0.29, 0.717) is 13.0 Å². The number of β-lactam (4-membered cyclic amide) rings is 1. The van der Waals surface area contributed by atoms with E-state index in [0.717, 1.165) is 49.9 Å². The van der Waals surface area contributed by atoms with Crippen LogP contribution in [0.4, 0.5) is 5.13 Å². The summed E-state index contributed by atoms with van der Waals surface area (Å²) in [4.78, 5) is 61.6. The van der Waals surface area contributed by atoms with Crippen molar-refractivity contribution < 1.29 is 33.5 Å². The largest absolute Gasteiger partial charge is 0.428 e. The van der Waals surface area contributed by atoms with Crippen LogP contribution in [0, 0.1) is 0 Å². The Morgan fingerprint density at radius 2 is 1.88 bits per heavy atom. The predicted molar refractivity (Wildman–Crippen MR) is 152 cm³/mol. The number of nitrogens with zero attached hydrogens (tertiary/aromatic N) is 3. The summed E-state index contributed by atoms with van der Waals surface area (Å²) < 4.78 is 10.1. The van der Waals surface area contributed by atoms with Crippen LogP contribution in [0.5, 0.6) is 0 Å². The van der Waals surface area contributed by atoms with Crippen LogP contribution in [0.3, 0.4) is 0 Å². The van der Waals surface area contributed by atoms with Gasteiger partial charge in [0.1, 0.15) is 29.4 Å². The average Bonchev–Trinajstić information content (AvgIpc) is 3.36. The van der Waals surface area contributed by atoms with E-state index in [1.807, 2.05) is 13.8 Å². The number of nitrogens with two attached hydrogens (primary N) is 1. The maximum absolute atomic E-state index is 13.2. The molecule has 2 amide bonds. The number of hydrogen-bond donors (Lipinski definition) is 2. The Kier molecular flexibility index (Phi) is 12.2.